The van der Waals surface area contributed by atoms with E-state index in [2.05, 4.69) is 10.3 Å². The molecular weight excluding hydrogens is 296 g/mol. The third kappa shape index (κ3) is 4.54. The largest absolute Gasteiger partial charge is 0.497 e. The number of esters is 1. The molecule has 2 rings (SSSR count). The Hall–Kier alpha value is -2.89. The van der Waals surface area contributed by atoms with Crippen molar-refractivity contribution in [3.8, 4) is 5.75 Å². The molecule has 0 unspecified atom stereocenters. The second-order valence-electron chi connectivity index (χ2n) is 4.85. The first-order valence-electron chi connectivity index (χ1n) is 7.05. The van der Waals surface area contributed by atoms with Crippen molar-refractivity contribution in [2.75, 3.05) is 14.2 Å². The molecule has 0 spiro atoms. The van der Waals surface area contributed by atoms with Gasteiger partial charge in [0.1, 0.15) is 11.8 Å². The SMILES string of the molecule is COC(=O)[C@H](Cc1cccc(OC)c1)NC(=O)c1cccnc1. The third-order valence-corrected chi connectivity index (χ3v) is 3.29. The first-order chi connectivity index (χ1) is 11.1. The van der Waals surface area contributed by atoms with E-state index >= 15 is 0 Å². The highest BCUT2D eigenvalue weighted by Gasteiger charge is 2.22. The lowest BCUT2D eigenvalue weighted by atomic mass is 10.1. The Balaban J connectivity index is 2.14. The molecule has 6 heteroatoms. The fourth-order valence-electron chi connectivity index (χ4n) is 2.11. The van der Waals surface area contributed by atoms with Crippen LogP contribution in [0.3, 0.4) is 0 Å². The van der Waals surface area contributed by atoms with Crippen LogP contribution < -0.4 is 10.1 Å². The second kappa shape index (κ2) is 7.93. The summed E-state index contributed by atoms with van der Waals surface area (Å²) in [6, 6.07) is 9.79. The maximum Gasteiger partial charge on any atom is 0.328 e. The van der Waals surface area contributed by atoms with E-state index in [1.807, 2.05) is 24.3 Å². The maximum absolute atomic E-state index is 12.2. The third-order valence-electron chi connectivity index (χ3n) is 3.29. The molecule has 1 heterocycles. The van der Waals surface area contributed by atoms with Crippen molar-refractivity contribution in [2.45, 2.75) is 12.5 Å². The van der Waals surface area contributed by atoms with E-state index in [1.165, 1.54) is 13.3 Å². The molecule has 0 aliphatic heterocycles. The highest BCUT2D eigenvalue weighted by atomic mass is 16.5. The van der Waals surface area contributed by atoms with Gasteiger partial charge in [-0.1, -0.05) is 12.1 Å². The zero-order valence-electron chi connectivity index (χ0n) is 13.0. The molecule has 0 radical (unpaired) electrons. The lowest BCUT2D eigenvalue weighted by Gasteiger charge is -2.17. The van der Waals surface area contributed by atoms with E-state index < -0.39 is 12.0 Å². The predicted molar refractivity (Wildman–Crippen MR) is 84.2 cm³/mol. The van der Waals surface area contributed by atoms with E-state index in [0.29, 0.717) is 17.7 Å². The molecule has 1 amide bonds. The van der Waals surface area contributed by atoms with Crippen molar-refractivity contribution < 1.29 is 19.1 Å². The number of ether oxygens (including phenoxy) is 2. The zero-order valence-corrected chi connectivity index (χ0v) is 13.0. The topological polar surface area (TPSA) is 77.5 Å². The van der Waals surface area contributed by atoms with Crippen LogP contribution in [0.1, 0.15) is 15.9 Å². The van der Waals surface area contributed by atoms with Gasteiger partial charge in [-0.3, -0.25) is 9.78 Å². The van der Waals surface area contributed by atoms with E-state index in [-0.39, 0.29) is 5.91 Å². The molecule has 1 N–H and O–H groups in total. The molecule has 120 valence electrons. The van der Waals surface area contributed by atoms with Crippen LogP contribution in [0, 0.1) is 0 Å². The van der Waals surface area contributed by atoms with E-state index in [9.17, 15) is 9.59 Å². The second-order valence-corrected chi connectivity index (χ2v) is 4.85. The molecule has 0 saturated heterocycles. The smallest absolute Gasteiger partial charge is 0.328 e. The Morgan fingerprint density at radius 1 is 1.22 bits per heavy atom. The van der Waals surface area contributed by atoms with Gasteiger partial charge in [-0.25, -0.2) is 4.79 Å². The van der Waals surface area contributed by atoms with Crippen molar-refractivity contribution in [1.29, 1.82) is 0 Å². The summed E-state index contributed by atoms with van der Waals surface area (Å²) in [5.41, 5.74) is 1.23. The number of hydrogen-bond donors (Lipinski definition) is 1. The standard InChI is InChI=1S/C17H18N2O4/c1-22-14-7-3-5-12(9-14)10-15(17(21)23-2)19-16(20)13-6-4-8-18-11-13/h3-9,11,15H,10H2,1-2H3,(H,19,20)/t15-/m0/s1. The molecule has 0 saturated carbocycles. The van der Waals surface area contributed by atoms with Crippen molar-refractivity contribution in [1.82, 2.24) is 10.3 Å². The number of benzene rings is 1. The number of carbonyl (C=O) groups excluding carboxylic acids is 2. The van der Waals surface area contributed by atoms with Crippen molar-refractivity contribution >= 4 is 11.9 Å². The molecule has 2 aromatic rings. The Morgan fingerprint density at radius 2 is 2.04 bits per heavy atom. The average Bonchev–Trinajstić information content (AvgIpc) is 2.61. The summed E-state index contributed by atoms with van der Waals surface area (Å²) in [5, 5.41) is 2.68. The van der Waals surface area contributed by atoms with Gasteiger partial charge in [-0.2, -0.15) is 0 Å². The molecule has 1 aromatic heterocycles. The molecule has 0 aliphatic carbocycles. The summed E-state index contributed by atoms with van der Waals surface area (Å²) in [7, 11) is 2.86. The number of methoxy groups -OCH3 is 2. The van der Waals surface area contributed by atoms with Crippen LogP contribution in [0.4, 0.5) is 0 Å². The van der Waals surface area contributed by atoms with Crippen molar-refractivity contribution in [3.63, 3.8) is 0 Å². The molecule has 1 atom stereocenters. The summed E-state index contributed by atoms with van der Waals surface area (Å²) < 4.78 is 9.94. The number of nitrogens with zero attached hydrogens (tertiary/aromatic N) is 1. The Labute approximate surface area is 134 Å². The first-order valence-corrected chi connectivity index (χ1v) is 7.05. The van der Waals surface area contributed by atoms with Gasteiger partial charge in [0.15, 0.2) is 0 Å². The number of nitrogens with one attached hydrogen (secondary N) is 1. The van der Waals surface area contributed by atoms with Crippen molar-refractivity contribution in [2.24, 2.45) is 0 Å². The fraction of sp³-hybridized carbons (Fsp3) is 0.235. The lowest BCUT2D eigenvalue weighted by Crippen LogP contribution is -2.43. The number of rotatable bonds is 6. The van der Waals surface area contributed by atoms with Gasteiger partial charge in [0.25, 0.3) is 5.91 Å². The molecule has 23 heavy (non-hydrogen) atoms. The van der Waals surface area contributed by atoms with Gasteiger partial charge >= 0.3 is 5.97 Å². The highest BCUT2D eigenvalue weighted by molar-refractivity contribution is 5.96. The Bertz CT molecular complexity index is 673. The van der Waals surface area contributed by atoms with E-state index in [0.717, 1.165) is 5.56 Å². The average molecular weight is 314 g/mol. The summed E-state index contributed by atoms with van der Waals surface area (Å²) in [6.07, 6.45) is 3.32. The Morgan fingerprint density at radius 3 is 2.70 bits per heavy atom. The number of aromatic nitrogens is 1. The number of pyridine rings is 1. The summed E-state index contributed by atoms with van der Waals surface area (Å²) >= 11 is 0. The van der Waals surface area contributed by atoms with Crippen LogP contribution in [0.2, 0.25) is 0 Å². The molecule has 1 aromatic carbocycles. The number of carbonyl (C=O) groups is 2. The van der Waals surface area contributed by atoms with Crippen LogP contribution in [0.25, 0.3) is 0 Å². The van der Waals surface area contributed by atoms with Crippen molar-refractivity contribution in [3.05, 3.63) is 59.9 Å². The van der Waals surface area contributed by atoms with Gasteiger partial charge in [-0.15, -0.1) is 0 Å². The predicted octanol–water partition coefficient (Wildman–Crippen LogP) is 1.60. The van der Waals surface area contributed by atoms with Gasteiger partial charge in [0.2, 0.25) is 0 Å². The highest BCUT2D eigenvalue weighted by Crippen LogP contribution is 2.14. The van der Waals surface area contributed by atoms with Crippen LogP contribution in [0.5, 0.6) is 5.75 Å². The molecule has 0 bridgehead atoms. The lowest BCUT2D eigenvalue weighted by molar-refractivity contribution is -0.142. The summed E-state index contributed by atoms with van der Waals surface area (Å²) in [6.45, 7) is 0. The molecule has 0 aliphatic rings. The zero-order chi connectivity index (χ0) is 16.7. The number of amides is 1. The van der Waals surface area contributed by atoms with Crippen LogP contribution in [-0.2, 0) is 16.0 Å². The monoisotopic (exact) mass is 314 g/mol. The maximum atomic E-state index is 12.2. The fourth-order valence-corrected chi connectivity index (χ4v) is 2.11. The summed E-state index contributed by atoms with van der Waals surface area (Å²) in [5.74, 6) is -0.203. The van der Waals surface area contributed by atoms with E-state index in [1.54, 1.807) is 25.4 Å². The minimum atomic E-state index is -0.792. The molecule has 6 nitrogen and oxygen atoms in total. The van der Waals surface area contributed by atoms with Gasteiger partial charge < -0.3 is 14.8 Å². The van der Waals surface area contributed by atoms with Crippen LogP contribution in [0.15, 0.2) is 48.8 Å². The van der Waals surface area contributed by atoms with E-state index in [4.69, 9.17) is 9.47 Å². The first kappa shape index (κ1) is 16.5. The van der Waals surface area contributed by atoms with Crippen LogP contribution >= 0.6 is 0 Å². The summed E-state index contributed by atoms with van der Waals surface area (Å²) in [4.78, 5) is 28.1. The van der Waals surface area contributed by atoms with Gasteiger partial charge in [-0.05, 0) is 29.8 Å². The van der Waals surface area contributed by atoms with Crippen LogP contribution in [-0.4, -0.2) is 37.1 Å². The molecule has 0 fully saturated rings. The normalized spacial score (nSPS) is 11.4. The quantitative estimate of drug-likeness (QED) is 0.820. The van der Waals surface area contributed by atoms with Gasteiger partial charge in [0.05, 0.1) is 19.8 Å². The molecular formula is C17H18N2O4. The Kier molecular flexibility index (Phi) is 5.68. The minimum Gasteiger partial charge on any atom is -0.497 e. The number of hydrogen-bond acceptors (Lipinski definition) is 5. The van der Waals surface area contributed by atoms with Gasteiger partial charge in [0, 0.05) is 18.8 Å². The minimum absolute atomic E-state index is 0.301.